The number of aliphatic hydroxyl groups is 1. The van der Waals surface area contributed by atoms with Gasteiger partial charge in [-0.25, -0.2) is 10.4 Å². The minimum Gasteiger partial charge on any atom is -0.388 e. The maximum Gasteiger partial charge on any atom is 0.228 e. The quantitative estimate of drug-likeness (QED) is 0.542. The van der Waals surface area contributed by atoms with Gasteiger partial charge in [0.15, 0.2) is 0 Å². The van der Waals surface area contributed by atoms with E-state index in [-0.39, 0.29) is 36.0 Å². The number of β-amino-alcohol motifs (C(OH)–C–C–N with tert-alkyl or cyclic N) is 1. The van der Waals surface area contributed by atoms with Gasteiger partial charge in [0.05, 0.1) is 23.5 Å². The number of piperidine rings is 1. The topological polar surface area (TPSA) is 104 Å². The standard InChI is InChI=1S/C23H31ClN6O2/c1-23(32)12-29(13-23)17-6-7-18(14(10-17)11-25)30-19-8-9-26-22(31)20(19)21(28-30)27-16-4-2-15(24)3-5-16/h2-5,14,17-21,27-28,32H,6-10,12-13H2,1H3,(H,26,31)/t14-,17+,18+,19?,20?,21?/m1/s1. The average molecular weight is 459 g/mol. The maximum atomic E-state index is 12.8. The third-order valence-corrected chi connectivity index (χ3v) is 7.79. The molecule has 1 amide bonds. The summed E-state index contributed by atoms with van der Waals surface area (Å²) >= 11 is 6.02. The fourth-order valence-electron chi connectivity index (χ4n) is 6.05. The van der Waals surface area contributed by atoms with Crippen molar-refractivity contribution in [3.05, 3.63) is 29.3 Å². The summed E-state index contributed by atoms with van der Waals surface area (Å²) in [5.41, 5.74) is 3.87. The first-order valence-corrected chi connectivity index (χ1v) is 11.9. The number of rotatable bonds is 4. The summed E-state index contributed by atoms with van der Waals surface area (Å²) in [4.78, 5) is 15.1. The number of fused-ring (bicyclic) bond motifs is 1. The number of hydrazine groups is 1. The zero-order valence-corrected chi connectivity index (χ0v) is 19.1. The molecule has 9 heteroatoms. The Labute approximate surface area is 193 Å². The molecule has 0 bridgehead atoms. The van der Waals surface area contributed by atoms with E-state index in [2.05, 4.69) is 32.0 Å². The van der Waals surface area contributed by atoms with Crippen molar-refractivity contribution >= 4 is 23.2 Å². The van der Waals surface area contributed by atoms with Crippen molar-refractivity contribution < 1.29 is 9.90 Å². The van der Waals surface area contributed by atoms with Gasteiger partial charge in [-0.05, 0) is 56.9 Å². The summed E-state index contributed by atoms with van der Waals surface area (Å²) in [6.07, 6.45) is 3.30. The van der Waals surface area contributed by atoms with Crippen LogP contribution in [0.5, 0.6) is 0 Å². The number of hydrogen-bond acceptors (Lipinski definition) is 7. The molecule has 1 aromatic rings. The highest BCUT2D eigenvalue weighted by Gasteiger charge is 2.52. The third-order valence-electron chi connectivity index (χ3n) is 7.54. The van der Waals surface area contributed by atoms with E-state index >= 15 is 0 Å². The summed E-state index contributed by atoms with van der Waals surface area (Å²) in [7, 11) is 0. The van der Waals surface area contributed by atoms with Crippen LogP contribution in [0, 0.1) is 23.2 Å². The monoisotopic (exact) mass is 458 g/mol. The molecular weight excluding hydrogens is 428 g/mol. The summed E-state index contributed by atoms with van der Waals surface area (Å²) in [5.74, 6) is -0.304. The van der Waals surface area contributed by atoms with Gasteiger partial charge in [0.25, 0.3) is 0 Å². The van der Waals surface area contributed by atoms with Crippen molar-refractivity contribution in [3.8, 4) is 6.07 Å². The Balaban J connectivity index is 1.31. The number of carbonyl (C=O) groups excluding carboxylic acids is 1. The number of carbonyl (C=O) groups is 1. The molecule has 4 fully saturated rings. The van der Waals surface area contributed by atoms with Gasteiger partial charge in [-0.2, -0.15) is 5.26 Å². The van der Waals surface area contributed by atoms with Crippen molar-refractivity contribution in [2.75, 3.05) is 25.0 Å². The molecule has 1 aliphatic carbocycles. The smallest absolute Gasteiger partial charge is 0.228 e. The number of anilines is 1. The van der Waals surface area contributed by atoms with Crippen molar-refractivity contribution in [2.24, 2.45) is 11.8 Å². The Morgan fingerprint density at radius 2 is 1.97 bits per heavy atom. The van der Waals surface area contributed by atoms with Gasteiger partial charge in [0.1, 0.15) is 6.17 Å². The second-order valence-electron chi connectivity index (χ2n) is 10.0. The summed E-state index contributed by atoms with van der Waals surface area (Å²) in [6, 6.07) is 10.5. The van der Waals surface area contributed by atoms with Crippen LogP contribution < -0.4 is 16.1 Å². The molecule has 1 saturated carbocycles. The third kappa shape index (κ3) is 4.09. The highest BCUT2D eigenvalue weighted by Crippen LogP contribution is 2.39. The number of nitriles is 1. The van der Waals surface area contributed by atoms with Crippen molar-refractivity contribution in [1.82, 2.24) is 20.7 Å². The van der Waals surface area contributed by atoms with Crippen LogP contribution in [0.15, 0.2) is 24.3 Å². The second kappa shape index (κ2) is 8.47. The SMILES string of the molecule is CC1(O)CN([C@H]2CC[C@H](N3NC(Nc4ccc(Cl)cc4)C4C(=O)NCCC43)[C@@H](C#N)C2)C1. The van der Waals surface area contributed by atoms with E-state index in [0.29, 0.717) is 30.7 Å². The molecule has 0 radical (unpaired) electrons. The molecule has 0 aromatic heterocycles. The molecule has 6 atom stereocenters. The minimum atomic E-state index is -0.598. The van der Waals surface area contributed by atoms with Gasteiger partial charge in [-0.15, -0.1) is 0 Å². The van der Waals surface area contributed by atoms with E-state index in [1.165, 1.54) is 0 Å². The van der Waals surface area contributed by atoms with Gasteiger partial charge in [-0.3, -0.25) is 9.69 Å². The Morgan fingerprint density at radius 1 is 1.22 bits per heavy atom. The first kappa shape index (κ1) is 21.9. The van der Waals surface area contributed by atoms with Crippen molar-refractivity contribution in [2.45, 2.75) is 62.5 Å². The van der Waals surface area contributed by atoms with Crippen LogP contribution >= 0.6 is 11.6 Å². The number of nitrogens with one attached hydrogen (secondary N) is 3. The molecule has 3 heterocycles. The van der Waals surface area contributed by atoms with E-state index in [1.54, 1.807) is 0 Å². The van der Waals surface area contributed by atoms with Gasteiger partial charge >= 0.3 is 0 Å². The Kier molecular flexibility index (Phi) is 5.81. The Bertz CT molecular complexity index is 895. The first-order valence-electron chi connectivity index (χ1n) is 11.5. The molecule has 172 valence electrons. The highest BCUT2D eigenvalue weighted by molar-refractivity contribution is 6.30. The molecule has 1 aromatic carbocycles. The number of halogens is 1. The van der Waals surface area contributed by atoms with Crippen LogP contribution in [0.25, 0.3) is 0 Å². The average Bonchev–Trinajstić information content (AvgIpc) is 3.12. The van der Waals surface area contributed by atoms with E-state index in [4.69, 9.17) is 11.6 Å². The van der Waals surface area contributed by atoms with Crippen LogP contribution in [0.1, 0.15) is 32.6 Å². The lowest BCUT2D eigenvalue weighted by Gasteiger charge is -2.51. The number of likely N-dealkylation sites (tertiary alicyclic amines) is 1. The second-order valence-corrected chi connectivity index (χ2v) is 10.4. The molecule has 0 spiro atoms. The van der Waals surface area contributed by atoms with Crippen LogP contribution in [0.3, 0.4) is 0 Å². The molecule has 4 N–H and O–H groups in total. The van der Waals surface area contributed by atoms with Crippen LogP contribution in [-0.2, 0) is 4.79 Å². The normalized spacial score (nSPS) is 37.1. The Morgan fingerprint density at radius 3 is 2.66 bits per heavy atom. The zero-order valence-electron chi connectivity index (χ0n) is 18.3. The van der Waals surface area contributed by atoms with Gasteiger partial charge in [0, 0.05) is 48.5 Å². The largest absolute Gasteiger partial charge is 0.388 e. The molecule has 3 saturated heterocycles. The van der Waals surface area contributed by atoms with Crippen molar-refractivity contribution in [1.29, 1.82) is 5.26 Å². The predicted molar refractivity (Wildman–Crippen MR) is 121 cm³/mol. The first-order chi connectivity index (χ1) is 15.3. The van der Waals surface area contributed by atoms with Gasteiger partial charge < -0.3 is 15.7 Å². The summed E-state index contributed by atoms with van der Waals surface area (Å²) in [6.45, 7) is 3.88. The molecule has 32 heavy (non-hydrogen) atoms. The predicted octanol–water partition coefficient (Wildman–Crippen LogP) is 1.53. The molecule has 3 unspecified atom stereocenters. The summed E-state index contributed by atoms with van der Waals surface area (Å²) < 4.78 is 0. The molecule has 5 rings (SSSR count). The zero-order chi connectivity index (χ0) is 22.5. The Hall–Kier alpha value is -1.89. The molecule has 3 aliphatic heterocycles. The minimum absolute atomic E-state index is 0.0488. The highest BCUT2D eigenvalue weighted by atomic mass is 35.5. The van der Waals surface area contributed by atoms with E-state index in [1.807, 2.05) is 31.2 Å². The van der Waals surface area contributed by atoms with E-state index < -0.39 is 5.60 Å². The summed E-state index contributed by atoms with van der Waals surface area (Å²) in [5, 5.41) is 29.5. The van der Waals surface area contributed by atoms with Crippen LogP contribution in [0.2, 0.25) is 5.02 Å². The number of benzene rings is 1. The van der Waals surface area contributed by atoms with Gasteiger partial charge in [-0.1, -0.05) is 11.6 Å². The lowest BCUT2D eigenvalue weighted by Crippen LogP contribution is -2.65. The number of amides is 1. The fraction of sp³-hybridized carbons (Fsp3) is 0.652. The lowest BCUT2D eigenvalue weighted by atomic mass is 9.78. The van der Waals surface area contributed by atoms with E-state index in [0.717, 1.165) is 31.4 Å². The molecular formula is C23H31ClN6O2. The number of nitrogens with zero attached hydrogens (tertiary/aromatic N) is 3. The lowest BCUT2D eigenvalue weighted by molar-refractivity contribution is -0.128. The van der Waals surface area contributed by atoms with Crippen LogP contribution in [-0.4, -0.2) is 70.4 Å². The van der Waals surface area contributed by atoms with E-state index in [9.17, 15) is 15.2 Å². The molecule has 8 nitrogen and oxygen atoms in total. The van der Waals surface area contributed by atoms with Crippen molar-refractivity contribution in [3.63, 3.8) is 0 Å². The number of hydrogen-bond donors (Lipinski definition) is 4. The molecule has 4 aliphatic rings. The van der Waals surface area contributed by atoms with Gasteiger partial charge in [0.2, 0.25) is 5.91 Å². The van der Waals surface area contributed by atoms with Crippen LogP contribution in [0.4, 0.5) is 5.69 Å². The maximum absolute atomic E-state index is 12.8. The fourth-order valence-corrected chi connectivity index (χ4v) is 6.18.